The van der Waals surface area contributed by atoms with Gasteiger partial charge in [-0.2, -0.15) is 4.80 Å². The van der Waals surface area contributed by atoms with Gasteiger partial charge < -0.3 is 15.4 Å². The molecule has 5 aromatic carbocycles. The van der Waals surface area contributed by atoms with E-state index in [2.05, 4.69) is 50.2 Å². The highest BCUT2D eigenvalue weighted by Gasteiger charge is 2.26. The number of amides is 2. The molecule has 0 aliphatic heterocycles. The van der Waals surface area contributed by atoms with Gasteiger partial charge in [0, 0.05) is 34.6 Å². The quantitative estimate of drug-likeness (QED) is 0.102. The van der Waals surface area contributed by atoms with Crippen LogP contribution in [0.3, 0.4) is 0 Å². The highest BCUT2D eigenvalue weighted by Crippen LogP contribution is 2.31. The Bertz CT molecular complexity index is 2600. The Morgan fingerprint density at radius 3 is 2.03 bits per heavy atom. The first-order valence-electron chi connectivity index (χ1n) is 19.9. The van der Waals surface area contributed by atoms with E-state index in [9.17, 15) is 14.4 Å². The van der Waals surface area contributed by atoms with E-state index in [0.717, 1.165) is 48.7 Å². The Labute approximate surface area is 342 Å². The smallest absolute Gasteiger partial charge is 0.340 e. The van der Waals surface area contributed by atoms with Gasteiger partial charge >= 0.3 is 5.97 Å². The predicted octanol–water partition coefficient (Wildman–Crippen LogP) is 9.48. The van der Waals surface area contributed by atoms with Gasteiger partial charge in [-0.1, -0.05) is 86.5 Å². The molecule has 2 heterocycles. The van der Waals surface area contributed by atoms with Crippen LogP contribution in [0.2, 0.25) is 0 Å². The first-order valence-corrected chi connectivity index (χ1v) is 19.9. The van der Waals surface area contributed by atoms with Gasteiger partial charge in [0.25, 0.3) is 11.8 Å². The second-order valence-corrected chi connectivity index (χ2v) is 15.3. The minimum Gasteiger partial charge on any atom is -0.456 e. The molecule has 0 bridgehead atoms. The highest BCUT2D eigenvalue weighted by molar-refractivity contribution is 6.17. The van der Waals surface area contributed by atoms with Crippen molar-refractivity contribution < 1.29 is 19.1 Å². The van der Waals surface area contributed by atoms with Gasteiger partial charge in [0.1, 0.15) is 11.3 Å². The van der Waals surface area contributed by atoms with Crippen LogP contribution < -0.4 is 10.6 Å². The molecule has 0 radical (unpaired) electrons. The lowest BCUT2D eigenvalue weighted by Gasteiger charge is -2.21. The second kappa shape index (κ2) is 17.6. The normalized spacial score (nSPS) is 11.4. The summed E-state index contributed by atoms with van der Waals surface area (Å²) in [5.41, 5.74) is 5.19. The average molecular weight is 790 g/mol. The van der Waals surface area contributed by atoms with Crippen molar-refractivity contribution in [2.75, 3.05) is 10.6 Å². The van der Waals surface area contributed by atoms with Crippen LogP contribution in [-0.2, 0) is 17.8 Å². The number of anilines is 2. The molecule has 0 fully saturated rings. The molecular formula is C46H47N9O4. The summed E-state index contributed by atoms with van der Waals surface area (Å²) in [5, 5.41) is 29.3. The maximum atomic E-state index is 13.6. The number of tetrazole rings is 1. The van der Waals surface area contributed by atoms with E-state index in [0.29, 0.717) is 51.5 Å². The summed E-state index contributed by atoms with van der Waals surface area (Å²) in [7, 11) is 0. The molecule has 0 spiro atoms. The van der Waals surface area contributed by atoms with Gasteiger partial charge in [-0.15, -0.1) is 15.3 Å². The molecule has 0 aliphatic carbocycles. The standard InChI is InChI=1S/C46H47N9O4/c1-6-8-26-54-29-40(49-52-54)39-28-33(19-24-37(39)42-50-53-55(51-42)27-9-7-2)43(56)47-34-20-14-30(15-21-34)31-16-22-35(23-17-31)48-44(57)38-25-18-32-12-10-11-13-36(32)41(38)45(58)59-46(3,4)5/h10-25,28-29H,6-9,26-27H2,1-5H3,(H,47,56)(H,48,57). The Morgan fingerprint density at radius 1 is 0.695 bits per heavy atom. The number of unbranched alkanes of at least 4 members (excludes halogenated alkanes) is 2. The third kappa shape index (κ3) is 9.58. The van der Waals surface area contributed by atoms with Gasteiger partial charge in [0.05, 0.1) is 23.9 Å². The molecule has 0 saturated carbocycles. The van der Waals surface area contributed by atoms with Crippen molar-refractivity contribution >= 4 is 39.9 Å². The van der Waals surface area contributed by atoms with Gasteiger partial charge in [-0.25, -0.2) is 4.79 Å². The van der Waals surface area contributed by atoms with Gasteiger partial charge in [0.2, 0.25) is 5.82 Å². The molecule has 0 aliphatic rings. The van der Waals surface area contributed by atoms with Gasteiger partial charge in [-0.3, -0.25) is 14.3 Å². The molecule has 2 aromatic heterocycles. The third-order valence-electron chi connectivity index (χ3n) is 9.64. The minimum atomic E-state index is -0.730. The maximum absolute atomic E-state index is 13.6. The summed E-state index contributed by atoms with van der Waals surface area (Å²) in [5.74, 6) is -0.812. The van der Waals surface area contributed by atoms with Crippen molar-refractivity contribution in [3.63, 3.8) is 0 Å². The second-order valence-electron chi connectivity index (χ2n) is 15.3. The number of fused-ring (bicyclic) bond motifs is 1. The van der Waals surface area contributed by atoms with Crippen molar-refractivity contribution in [1.82, 2.24) is 35.2 Å². The molecule has 0 atom stereocenters. The van der Waals surface area contributed by atoms with E-state index in [4.69, 9.17) is 4.74 Å². The van der Waals surface area contributed by atoms with Crippen LogP contribution in [0, 0.1) is 0 Å². The number of esters is 1. The van der Waals surface area contributed by atoms with Gasteiger partial charge in [-0.05, 0) is 109 Å². The number of carbonyl (C=O) groups is 3. The molecule has 7 rings (SSSR count). The summed E-state index contributed by atoms with van der Waals surface area (Å²) in [6.07, 6.45) is 5.83. The van der Waals surface area contributed by atoms with Crippen LogP contribution >= 0.6 is 0 Å². The SMILES string of the molecule is CCCCn1cc(-c2cc(C(=O)Nc3ccc(-c4ccc(NC(=O)c5ccc6ccccc6c5C(=O)OC(C)(C)C)cc4)cc3)ccc2-c2nnn(CCCC)n2)nn1. The van der Waals surface area contributed by atoms with Crippen molar-refractivity contribution in [2.24, 2.45) is 0 Å². The third-order valence-corrected chi connectivity index (χ3v) is 9.64. The fraction of sp³-hybridized carbons (Fsp3) is 0.261. The summed E-state index contributed by atoms with van der Waals surface area (Å²) in [6.45, 7) is 11.0. The fourth-order valence-electron chi connectivity index (χ4n) is 6.59. The Balaban J connectivity index is 1.05. The van der Waals surface area contributed by atoms with E-state index in [1.165, 1.54) is 0 Å². The molecular weight excluding hydrogens is 743 g/mol. The van der Waals surface area contributed by atoms with E-state index < -0.39 is 17.5 Å². The topological polar surface area (TPSA) is 159 Å². The van der Waals surface area contributed by atoms with Crippen molar-refractivity contribution in [3.8, 4) is 33.8 Å². The molecule has 300 valence electrons. The number of rotatable bonds is 14. The zero-order chi connectivity index (χ0) is 41.5. The van der Waals surface area contributed by atoms with Crippen LogP contribution in [0.4, 0.5) is 11.4 Å². The van der Waals surface area contributed by atoms with E-state index >= 15 is 0 Å². The average Bonchev–Trinajstić information content (AvgIpc) is 3.92. The fourth-order valence-corrected chi connectivity index (χ4v) is 6.59. The molecule has 0 unspecified atom stereocenters. The number of ether oxygens (including phenoxy) is 1. The monoisotopic (exact) mass is 789 g/mol. The van der Waals surface area contributed by atoms with E-state index in [1.54, 1.807) is 43.8 Å². The molecule has 2 amide bonds. The molecule has 13 heteroatoms. The number of aromatic nitrogens is 7. The Hall–Kier alpha value is -7.02. The lowest BCUT2D eigenvalue weighted by Crippen LogP contribution is -2.26. The molecule has 2 N–H and O–H groups in total. The Morgan fingerprint density at radius 2 is 1.36 bits per heavy atom. The zero-order valence-electron chi connectivity index (χ0n) is 33.9. The lowest BCUT2D eigenvalue weighted by atomic mass is 9.98. The van der Waals surface area contributed by atoms with Crippen LogP contribution in [0.1, 0.15) is 91.4 Å². The summed E-state index contributed by atoms with van der Waals surface area (Å²) in [4.78, 5) is 42.2. The maximum Gasteiger partial charge on any atom is 0.340 e. The number of aryl methyl sites for hydroxylation is 2. The van der Waals surface area contributed by atoms with Crippen LogP contribution in [0.25, 0.3) is 44.5 Å². The number of nitrogens with one attached hydrogen (secondary N) is 2. The first-order chi connectivity index (χ1) is 28.5. The van der Waals surface area contributed by atoms with E-state index in [-0.39, 0.29) is 17.0 Å². The Kier molecular flexibility index (Phi) is 12.0. The minimum absolute atomic E-state index is 0.226. The van der Waals surface area contributed by atoms with Gasteiger partial charge in [0.15, 0.2) is 0 Å². The summed E-state index contributed by atoms with van der Waals surface area (Å²) < 4.78 is 7.50. The summed E-state index contributed by atoms with van der Waals surface area (Å²) >= 11 is 0. The predicted molar refractivity (Wildman–Crippen MR) is 229 cm³/mol. The summed E-state index contributed by atoms with van der Waals surface area (Å²) in [6, 6.07) is 31.2. The van der Waals surface area contributed by atoms with Crippen LogP contribution in [0.15, 0.2) is 109 Å². The number of hydrogen-bond acceptors (Lipinski definition) is 9. The van der Waals surface area contributed by atoms with Crippen LogP contribution in [0.5, 0.6) is 0 Å². The van der Waals surface area contributed by atoms with Crippen molar-refractivity contribution in [3.05, 3.63) is 126 Å². The van der Waals surface area contributed by atoms with E-state index in [1.807, 2.05) is 95.8 Å². The largest absolute Gasteiger partial charge is 0.456 e. The molecule has 0 saturated heterocycles. The molecule has 7 aromatic rings. The van der Waals surface area contributed by atoms with Crippen molar-refractivity contribution in [1.29, 1.82) is 0 Å². The number of hydrogen-bond donors (Lipinski definition) is 2. The lowest BCUT2D eigenvalue weighted by molar-refractivity contribution is 0.00700. The zero-order valence-corrected chi connectivity index (χ0v) is 33.9. The molecule has 59 heavy (non-hydrogen) atoms. The first kappa shape index (κ1) is 40.2. The number of benzene rings is 5. The highest BCUT2D eigenvalue weighted by atomic mass is 16.6. The van der Waals surface area contributed by atoms with Crippen LogP contribution in [-0.4, -0.2) is 58.6 Å². The molecule has 13 nitrogen and oxygen atoms in total. The van der Waals surface area contributed by atoms with Crippen molar-refractivity contribution in [2.45, 2.75) is 79.0 Å². The number of carbonyl (C=O) groups excluding carboxylic acids is 3. The number of nitrogens with zero attached hydrogens (tertiary/aromatic N) is 7.